The molecule has 0 spiro atoms. The minimum absolute atomic E-state index is 0.0816. The summed E-state index contributed by atoms with van der Waals surface area (Å²) in [6.07, 6.45) is 2.98. The molecule has 1 aliphatic heterocycles. The zero-order valence-electron chi connectivity index (χ0n) is 9.31. The lowest BCUT2D eigenvalue weighted by Gasteiger charge is -2.17. The van der Waals surface area contributed by atoms with Gasteiger partial charge in [0, 0.05) is 6.61 Å². The maximum atomic E-state index is 12.0. The maximum absolute atomic E-state index is 12.0. The Balaban J connectivity index is 2.55. The zero-order chi connectivity index (χ0) is 11.3. The van der Waals surface area contributed by atoms with Gasteiger partial charge in [-0.15, -0.1) is 0 Å². The number of hydrogen-bond donors (Lipinski definition) is 1. The minimum atomic E-state index is -3.02. The Morgan fingerprint density at radius 2 is 2.27 bits per heavy atom. The molecule has 2 atom stereocenters. The fraction of sp³-hybridized carbons (Fsp3) is 1.00. The number of nitrogens with two attached hydrogens (primary N) is 1. The van der Waals surface area contributed by atoms with Crippen molar-refractivity contribution in [2.75, 3.05) is 18.9 Å². The van der Waals surface area contributed by atoms with E-state index in [0.717, 1.165) is 12.8 Å². The highest BCUT2D eigenvalue weighted by molar-refractivity contribution is 7.92. The van der Waals surface area contributed by atoms with Crippen LogP contribution in [0, 0.1) is 0 Å². The van der Waals surface area contributed by atoms with Gasteiger partial charge in [0.05, 0.1) is 17.1 Å². The van der Waals surface area contributed by atoms with Crippen LogP contribution >= 0.6 is 0 Å². The molecular weight excluding hydrogens is 214 g/mol. The Hall–Kier alpha value is -0.130. The Bertz CT molecular complexity index is 270. The fourth-order valence-electron chi connectivity index (χ4n) is 1.99. The van der Waals surface area contributed by atoms with Crippen molar-refractivity contribution in [1.82, 2.24) is 0 Å². The fourth-order valence-corrected chi connectivity index (χ4v) is 4.05. The molecule has 1 rings (SSSR count). The van der Waals surface area contributed by atoms with Gasteiger partial charge in [0.15, 0.2) is 9.84 Å². The summed E-state index contributed by atoms with van der Waals surface area (Å²) >= 11 is 0. The van der Waals surface area contributed by atoms with Gasteiger partial charge in [-0.2, -0.15) is 0 Å². The van der Waals surface area contributed by atoms with Gasteiger partial charge in [0.25, 0.3) is 0 Å². The van der Waals surface area contributed by atoms with E-state index in [0.29, 0.717) is 26.0 Å². The van der Waals surface area contributed by atoms with Crippen LogP contribution in [0.15, 0.2) is 0 Å². The first-order valence-electron chi connectivity index (χ1n) is 5.63. The first kappa shape index (κ1) is 12.9. The van der Waals surface area contributed by atoms with Gasteiger partial charge in [0.2, 0.25) is 0 Å². The predicted octanol–water partition coefficient (Wildman–Crippen LogP) is 0.708. The van der Waals surface area contributed by atoms with Gasteiger partial charge in [-0.25, -0.2) is 8.42 Å². The molecule has 0 aromatic heterocycles. The quantitative estimate of drug-likeness (QED) is 0.736. The Kier molecular flexibility index (Phi) is 5.02. The molecule has 1 fully saturated rings. The lowest BCUT2D eigenvalue weighted by Crippen LogP contribution is -2.31. The smallest absolute Gasteiger partial charge is 0.155 e. The molecule has 2 N–H and O–H groups in total. The van der Waals surface area contributed by atoms with Gasteiger partial charge < -0.3 is 10.5 Å². The predicted molar refractivity (Wildman–Crippen MR) is 60.5 cm³/mol. The molecule has 4 nitrogen and oxygen atoms in total. The highest BCUT2D eigenvalue weighted by Crippen LogP contribution is 2.18. The largest absolute Gasteiger partial charge is 0.377 e. The molecule has 90 valence electrons. The normalized spacial score (nSPS) is 24.3. The van der Waals surface area contributed by atoms with Crippen molar-refractivity contribution in [3.05, 3.63) is 0 Å². The van der Waals surface area contributed by atoms with E-state index in [4.69, 9.17) is 10.5 Å². The van der Waals surface area contributed by atoms with E-state index in [-0.39, 0.29) is 17.1 Å². The van der Waals surface area contributed by atoms with Crippen molar-refractivity contribution in [3.63, 3.8) is 0 Å². The van der Waals surface area contributed by atoms with Crippen molar-refractivity contribution in [2.45, 2.75) is 44.0 Å². The van der Waals surface area contributed by atoms with Gasteiger partial charge in [0.1, 0.15) is 0 Å². The third-order valence-corrected chi connectivity index (χ3v) is 5.32. The number of rotatable bonds is 6. The monoisotopic (exact) mass is 235 g/mol. The zero-order valence-corrected chi connectivity index (χ0v) is 10.1. The maximum Gasteiger partial charge on any atom is 0.155 e. The molecule has 0 aliphatic carbocycles. The van der Waals surface area contributed by atoms with E-state index in [1.807, 2.05) is 6.92 Å². The summed E-state index contributed by atoms with van der Waals surface area (Å²) in [5, 5.41) is -0.285. The number of ether oxygens (including phenoxy) is 1. The highest BCUT2D eigenvalue weighted by atomic mass is 32.2. The summed E-state index contributed by atoms with van der Waals surface area (Å²) in [6, 6.07) is 0. The van der Waals surface area contributed by atoms with E-state index in [9.17, 15) is 8.42 Å². The van der Waals surface area contributed by atoms with Crippen molar-refractivity contribution < 1.29 is 13.2 Å². The molecule has 0 saturated carbocycles. The summed E-state index contributed by atoms with van der Waals surface area (Å²) < 4.78 is 29.3. The van der Waals surface area contributed by atoms with Crippen LogP contribution < -0.4 is 5.73 Å². The van der Waals surface area contributed by atoms with Gasteiger partial charge >= 0.3 is 0 Å². The minimum Gasteiger partial charge on any atom is -0.377 e. The van der Waals surface area contributed by atoms with Crippen LogP contribution in [0.25, 0.3) is 0 Å². The van der Waals surface area contributed by atoms with Crippen molar-refractivity contribution >= 4 is 9.84 Å². The lowest BCUT2D eigenvalue weighted by molar-refractivity contribution is 0.127. The molecule has 2 unspecified atom stereocenters. The second-order valence-corrected chi connectivity index (χ2v) is 6.40. The molecule has 1 aliphatic rings. The average Bonchev–Trinajstić information content (AvgIpc) is 2.65. The van der Waals surface area contributed by atoms with Gasteiger partial charge in [-0.3, -0.25) is 0 Å². The second-order valence-electron chi connectivity index (χ2n) is 4.07. The van der Waals surface area contributed by atoms with E-state index in [2.05, 4.69) is 0 Å². The molecule has 0 amide bonds. The highest BCUT2D eigenvalue weighted by Gasteiger charge is 2.28. The van der Waals surface area contributed by atoms with E-state index >= 15 is 0 Å². The topological polar surface area (TPSA) is 69.4 Å². The molecule has 5 heteroatoms. The summed E-state index contributed by atoms with van der Waals surface area (Å²) in [4.78, 5) is 0. The summed E-state index contributed by atoms with van der Waals surface area (Å²) in [5.74, 6) is 0.172. The lowest BCUT2D eigenvalue weighted by atomic mass is 10.2. The average molecular weight is 235 g/mol. The van der Waals surface area contributed by atoms with Crippen LogP contribution in [0.1, 0.15) is 32.6 Å². The van der Waals surface area contributed by atoms with E-state index in [1.54, 1.807) is 0 Å². The van der Waals surface area contributed by atoms with Crippen LogP contribution in [0.4, 0.5) is 0 Å². The Labute approximate surface area is 92.1 Å². The molecule has 0 aromatic carbocycles. The molecule has 0 bridgehead atoms. The van der Waals surface area contributed by atoms with Gasteiger partial charge in [-0.1, -0.05) is 6.92 Å². The third-order valence-electron chi connectivity index (χ3n) is 2.89. The Morgan fingerprint density at radius 1 is 1.53 bits per heavy atom. The standard InChI is InChI=1S/C10H21NO3S/c1-2-10(5-6-11)15(12,13)8-9-4-3-7-14-9/h9-10H,2-8,11H2,1H3. The number of sulfone groups is 1. The molecule has 0 radical (unpaired) electrons. The van der Waals surface area contributed by atoms with Crippen LogP contribution in [0.3, 0.4) is 0 Å². The molecule has 15 heavy (non-hydrogen) atoms. The van der Waals surface area contributed by atoms with Crippen LogP contribution in [0.5, 0.6) is 0 Å². The first-order chi connectivity index (χ1) is 7.10. The van der Waals surface area contributed by atoms with Crippen LogP contribution in [0.2, 0.25) is 0 Å². The summed E-state index contributed by atoms with van der Waals surface area (Å²) in [6.45, 7) is 3.03. The van der Waals surface area contributed by atoms with Crippen molar-refractivity contribution in [2.24, 2.45) is 5.73 Å². The van der Waals surface area contributed by atoms with Gasteiger partial charge in [-0.05, 0) is 32.2 Å². The third kappa shape index (κ3) is 3.74. The first-order valence-corrected chi connectivity index (χ1v) is 7.35. The number of hydrogen-bond acceptors (Lipinski definition) is 4. The Morgan fingerprint density at radius 3 is 2.73 bits per heavy atom. The molecule has 0 aromatic rings. The second kappa shape index (κ2) is 5.82. The van der Waals surface area contributed by atoms with Crippen molar-refractivity contribution in [3.8, 4) is 0 Å². The van der Waals surface area contributed by atoms with E-state index < -0.39 is 9.84 Å². The molecular formula is C10H21NO3S. The van der Waals surface area contributed by atoms with Crippen LogP contribution in [-0.2, 0) is 14.6 Å². The molecule has 1 heterocycles. The van der Waals surface area contributed by atoms with E-state index in [1.165, 1.54) is 0 Å². The molecule has 1 saturated heterocycles. The summed E-state index contributed by atoms with van der Waals surface area (Å²) in [5.41, 5.74) is 5.41. The van der Waals surface area contributed by atoms with Crippen LogP contribution in [-0.4, -0.2) is 38.7 Å². The van der Waals surface area contributed by atoms with Crippen molar-refractivity contribution in [1.29, 1.82) is 0 Å². The summed E-state index contributed by atoms with van der Waals surface area (Å²) in [7, 11) is -3.02. The SMILES string of the molecule is CCC(CCN)S(=O)(=O)CC1CCCO1.